The fourth-order valence-electron chi connectivity index (χ4n) is 3.06. The van der Waals surface area contributed by atoms with Gasteiger partial charge >= 0.3 is 11.9 Å². The maximum atomic E-state index is 12.4. The number of halogens is 2. The highest BCUT2D eigenvalue weighted by Gasteiger charge is 2.32. The molecule has 3 aromatic rings. The summed E-state index contributed by atoms with van der Waals surface area (Å²) in [6.07, 6.45) is -0.436. The second-order valence-corrected chi connectivity index (χ2v) is 9.49. The van der Waals surface area contributed by atoms with E-state index in [0.29, 0.717) is 22.0 Å². The second-order valence-electron chi connectivity index (χ2n) is 6.59. The maximum Gasteiger partial charge on any atom is 0.347 e. The molecule has 30 heavy (non-hydrogen) atoms. The van der Waals surface area contributed by atoms with Gasteiger partial charge in [-0.25, -0.2) is 9.59 Å². The van der Waals surface area contributed by atoms with Crippen LogP contribution in [0.15, 0.2) is 87.5 Å². The number of benzene rings is 3. The fraction of sp³-hybridized carbons (Fsp3) is 0.130. The molecule has 3 aromatic carbocycles. The van der Waals surface area contributed by atoms with Crippen molar-refractivity contribution in [3.63, 3.8) is 0 Å². The Morgan fingerprint density at radius 3 is 1.73 bits per heavy atom. The topological polar surface area (TPSA) is 52.6 Å². The lowest BCUT2D eigenvalue weighted by molar-refractivity contribution is -0.145. The van der Waals surface area contributed by atoms with Crippen molar-refractivity contribution < 1.29 is 19.1 Å². The molecule has 0 amide bonds. The highest BCUT2D eigenvalue weighted by molar-refractivity contribution is 7.97. The molecule has 1 saturated heterocycles. The summed E-state index contributed by atoms with van der Waals surface area (Å²) >= 11 is 12.1. The Bertz CT molecular complexity index is 1000. The predicted molar refractivity (Wildman–Crippen MR) is 116 cm³/mol. The Hall–Kier alpha value is -2.47. The van der Waals surface area contributed by atoms with Crippen LogP contribution in [0.25, 0.3) is 0 Å². The highest BCUT2D eigenvalue weighted by Crippen LogP contribution is 2.32. The van der Waals surface area contributed by atoms with Crippen LogP contribution >= 0.6 is 23.2 Å². The zero-order valence-electron chi connectivity index (χ0n) is 15.7. The van der Waals surface area contributed by atoms with Crippen LogP contribution in [0.1, 0.15) is 16.8 Å². The average Bonchev–Trinajstić information content (AvgIpc) is 3.16. The molecule has 7 heteroatoms. The number of cyclic esters (lactones) is 1. The molecule has 1 heterocycles. The van der Waals surface area contributed by atoms with E-state index in [-0.39, 0.29) is 6.61 Å². The smallest absolute Gasteiger partial charge is 0.347 e. The molecule has 4 nitrogen and oxygen atoms in total. The van der Waals surface area contributed by atoms with E-state index in [9.17, 15) is 9.59 Å². The van der Waals surface area contributed by atoms with Crippen molar-refractivity contribution in [2.24, 2.45) is 0 Å². The van der Waals surface area contributed by atoms with Crippen LogP contribution in [0.4, 0.5) is 0 Å². The van der Waals surface area contributed by atoms with Crippen LogP contribution in [-0.4, -0.2) is 24.6 Å². The van der Waals surface area contributed by atoms with Gasteiger partial charge in [0, 0.05) is 16.5 Å². The lowest BCUT2D eigenvalue weighted by Crippen LogP contribution is -2.22. The summed E-state index contributed by atoms with van der Waals surface area (Å²) in [5.41, 5.74) is 0.384. The normalized spacial score (nSPS) is 15.8. The number of hydrogen-bond donors (Lipinski definition) is 0. The Morgan fingerprint density at radius 2 is 1.30 bits per heavy atom. The zero-order chi connectivity index (χ0) is 21.1. The number of rotatable bonds is 5. The molecule has 1 aliphatic heterocycles. The standard InChI is InChI=1S/C23H17Cl2O4S/c24-16-3-9-19(10-4-16)30(20-11-5-17(25)6-12-20)18-7-1-15(2-8-18)22(26)29-21-13-14-28-23(21)27/h1-12,21H,13-14H2/q+1. The summed E-state index contributed by atoms with van der Waals surface area (Å²) in [5.74, 6) is -1.03. The predicted octanol–water partition coefficient (Wildman–Crippen LogP) is 5.56. The summed E-state index contributed by atoms with van der Waals surface area (Å²) in [5, 5.41) is 1.34. The Labute approximate surface area is 187 Å². The van der Waals surface area contributed by atoms with Crippen LogP contribution in [0.5, 0.6) is 0 Å². The lowest BCUT2D eigenvalue weighted by Gasteiger charge is -2.10. The molecule has 0 spiro atoms. The van der Waals surface area contributed by atoms with E-state index in [4.69, 9.17) is 32.7 Å². The van der Waals surface area contributed by atoms with Gasteiger partial charge in [-0.1, -0.05) is 23.2 Å². The SMILES string of the molecule is O=C(OC1CCOC1=O)c1ccc([S+](c2ccc(Cl)cc2)c2ccc(Cl)cc2)cc1. The van der Waals surface area contributed by atoms with Crippen molar-refractivity contribution in [3.8, 4) is 0 Å². The van der Waals surface area contributed by atoms with Gasteiger partial charge in [0.1, 0.15) is 0 Å². The summed E-state index contributed by atoms with van der Waals surface area (Å²) < 4.78 is 10.1. The Balaban J connectivity index is 1.62. The minimum atomic E-state index is -0.824. The molecule has 1 unspecified atom stereocenters. The minimum absolute atomic E-state index is 0.278. The van der Waals surface area contributed by atoms with Gasteiger partial charge in [-0.2, -0.15) is 0 Å². The van der Waals surface area contributed by atoms with E-state index >= 15 is 0 Å². The highest BCUT2D eigenvalue weighted by atomic mass is 35.5. The van der Waals surface area contributed by atoms with Gasteiger partial charge in [-0.3, -0.25) is 0 Å². The molecule has 1 aliphatic rings. The summed E-state index contributed by atoms with van der Waals surface area (Å²) in [7, 11) is -0.406. The first kappa shape index (κ1) is 20.8. The molecular formula is C23H17Cl2O4S+. The van der Waals surface area contributed by atoms with Crippen molar-refractivity contribution in [2.75, 3.05) is 6.61 Å². The molecule has 0 aromatic heterocycles. The first-order valence-electron chi connectivity index (χ1n) is 9.24. The third-order valence-electron chi connectivity index (χ3n) is 4.56. The van der Waals surface area contributed by atoms with Gasteiger partial charge in [0.05, 0.1) is 23.1 Å². The fourth-order valence-corrected chi connectivity index (χ4v) is 5.35. The molecule has 0 saturated carbocycles. The van der Waals surface area contributed by atoms with Gasteiger partial charge in [0.2, 0.25) is 6.10 Å². The van der Waals surface area contributed by atoms with Gasteiger partial charge in [0.25, 0.3) is 0 Å². The van der Waals surface area contributed by atoms with Crippen molar-refractivity contribution in [3.05, 3.63) is 88.4 Å². The van der Waals surface area contributed by atoms with Gasteiger partial charge in [0.15, 0.2) is 14.7 Å². The van der Waals surface area contributed by atoms with Crippen LogP contribution < -0.4 is 0 Å². The van der Waals surface area contributed by atoms with E-state index in [2.05, 4.69) is 0 Å². The molecule has 0 bridgehead atoms. The molecule has 0 aliphatic carbocycles. The third-order valence-corrected chi connectivity index (χ3v) is 7.30. The molecular weight excluding hydrogens is 443 g/mol. The van der Waals surface area contributed by atoms with Crippen molar-refractivity contribution >= 4 is 46.0 Å². The maximum absolute atomic E-state index is 12.4. The number of carbonyl (C=O) groups is 2. The van der Waals surface area contributed by atoms with Crippen LogP contribution in [0.2, 0.25) is 10.0 Å². The third kappa shape index (κ3) is 4.64. The molecule has 1 fully saturated rings. The molecule has 0 radical (unpaired) electrons. The quantitative estimate of drug-likeness (QED) is 0.370. The number of ether oxygens (including phenoxy) is 2. The van der Waals surface area contributed by atoms with Crippen molar-refractivity contribution in [2.45, 2.75) is 27.2 Å². The van der Waals surface area contributed by atoms with E-state index < -0.39 is 28.9 Å². The van der Waals surface area contributed by atoms with Gasteiger partial charge < -0.3 is 9.47 Å². The summed E-state index contributed by atoms with van der Waals surface area (Å²) in [6, 6.07) is 22.6. The summed E-state index contributed by atoms with van der Waals surface area (Å²) in [6.45, 7) is 0.278. The van der Waals surface area contributed by atoms with E-state index in [1.165, 1.54) is 0 Å². The van der Waals surface area contributed by atoms with E-state index in [1.54, 1.807) is 12.1 Å². The molecule has 4 rings (SSSR count). The van der Waals surface area contributed by atoms with Gasteiger partial charge in [-0.05, 0) is 72.8 Å². The number of carbonyl (C=O) groups excluding carboxylic acids is 2. The number of esters is 2. The number of hydrogen-bond acceptors (Lipinski definition) is 4. The van der Waals surface area contributed by atoms with E-state index in [0.717, 1.165) is 14.7 Å². The average molecular weight is 460 g/mol. The van der Waals surface area contributed by atoms with Crippen molar-refractivity contribution in [1.82, 2.24) is 0 Å². The largest absolute Gasteiger partial charge is 0.463 e. The monoisotopic (exact) mass is 459 g/mol. The van der Waals surface area contributed by atoms with Crippen LogP contribution in [-0.2, 0) is 25.2 Å². The lowest BCUT2D eigenvalue weighted by atomic mass is 10.2. The van der Waals surface area contributed by atoms with Crippen LogP contribution in [0, 0.1) is 0 Å². The van der Waals surface area contributed by atoms with Crippen molar-refractivity contribution in [1.29, 1.82) is 0 Å². The molecule has 152 valence electrons. The molecule has 0 N–H and O–H groups in total. The van der Waals surface area contributed by atoms with Gasteiger partial charge in [-0.15, -0.1) is 0 Å². The van der Waals surface area contributed by atoms with E-state index in [1.807, 2.05) is 60.7 Å². The minimum Gasteiger partial charge on any atom is -0.463 e. The Morgan fingerprint density at radius 1 is 0.833 bits per heavy atom. The molecule has 1 atom stereocenters. The van der Waals surface area contributed by atoms with Crippen LogP contribution in [0.3, 0.4) is 0 Å². The first-order valence-corrected chi connectivity index (χ1v) is 11.2. The second kappa shape index (κ2) is 9.13. The summed E-state index contributed by atoms with van der Waals surface area (Å²) in [4.78, 5) is 27.1. The zero-order valence-corrected chi connectivity index (χ0v) is 18.0. The Kier molecular flexibility index (Phi) is 6.32. The first-order chi connectivity index (χ1) is 14.5.